The first kappa shape index (κ1) is 13.6. The van der Waals surface area contributed by atoms with Crippen molar-refractivity contribution in [2.24, 2.45) is 0 Å². The van der Waals surface area contributed by atoms with E-state index in [1.807, 2.05) is 30.3 Å². The number of rotatable bonds is 3. The Labute approximate surface area is 127 Å². The van der Waals surface area contributed by atoms with E-state index >= 15 is 0 Å². The fraction of sp³-hybridized carbons (Fsp3) is 0.125. The maximum Gasteiger partial charge on any atom is 0.170 e. The molecule has 0 aliphatic carbocycles. The van der Waals surface area contributed by atoms with Crippen LogP contribution in [0.4, 0.5) is 0 Å². The number of hydrogen-bond acceptors (Lipinski definition) is 4. The van der Waals surface area contributed by atoms with E-state index in [-0.39, 0.29) is 0 Å². The Kier molecular flexibility index (Phi) is 3.62. The second kappa shape index (κ2) is 5.58. The number of hydrogen-bond donors (Lipinski definition) is 0. The summed E-state index contributed by atoms with van der Waals surface area (Å²) in [7, 11) is 3.21. The van der Waals surface area contributed by atoms with E-state index in [1.54, 1.807) is 26.5 Å². The molecular formula is C16H13ClN2O2. The summed E-state index contributed by atoms with van der Waals surface area (Å²) in [6.45, 7) is 0. The predicted octanol–water partition coefficient (Wildman–Crippen LogP) is 3.97. The van der Waals surface area contributed by atoms with Gasteiger partial charge in [-0.05, 0) is 24.3 Å². The topological polar surface area (TPSA) is 44.2 Å². The molecule has 2 aromatic heterocycles. The number of pyridine rings is 2. The van der Waals surface area contributed by atoms with Gasteiger partial charge in [-0.15, -0.1) is 0 Å². The van der Waals surface area contributed by atoms with Crippen LogP contribution in [-0.2, 0) is 0 Å². The van der Waals surface area contributed by atoms with E-state index in [0.717, 1.165) is 22.2 Å². The van der Waals surface area contributed by atoms with Crippen molar-refractivity contribution in [3.05, 3.63) is 47.7 Å². The molecule has 3 rings (SSSR count). The van der Waals surface area contributed by atoms with Crippen molar-refractivity contribution in [2.75, 3.05) is 14.2 Å². The summed E-state index contributed by atoms with van der Waals surface area (Å²) in [6, 6.07) is 11.2. The largest absolute Gasteiger partial charge is 0.493 e. The van der Waals surface area contributed by atoms with Crippen LogP contribution in [0.25, 0.3) is 22.2 Å². The van der Waals surface area contributed by atoms with Gasteiger partial charge in [0.2, 0.25) is 0 Å². The quantitative estimate of drug-likeness (QED) is 0.687. The molecule has 0 fully saturated rings. The molecule has 0 spiro atoms. The van der Waals surface area contributed by atoms with Gasteiger partial charge in [-0.25, -0.2) is 4.98 Å². The summed E-state index contributed by atoms with van der Waals surface area (Å²) in [4.78, 5) is 8.78. The molecule has 5 heteroatoms. The molecule has 0 N–H and O–H groups in total. The monoisotopic (exact) mass is 300 g/mol. The number of nitrogens with zero attached hydrogens (tertiary/aromatic N) is 2. The molecule has 2 heterocycles. The molecule has 3 aromatic rings. The van der Waals surface area contributed by atoms with Crippen LogP contribution >= 0.6 is 11.6 Å². The minimum Gasteiger partial charge on any atom is -0.493 e. The van der Waals surface area contributed by atoms with Crippen LogP contribution in [0.15, 0.2) is 42.6 Å². The van der Waals surface area contributed by atoms with Gasteiger partial charge in [-0.3, -0.25) is 4.98 Å². The lowest BCUT2D eigenvalue weighted by Gasteiger charge is -2.13. The number of para-hydroxylation sites is 1. The van der Waals surface area contributed by atoms with E-state index in [9.17, 15) is 0 Å². The maximum atomic E-state index is 6.12. The van der Waals surface area contributed by atoms with E-state index in [0.29, 0.717) is 16.7 Å². The van der Waals surface area contributed by atoms with Crippen LogP contribution in [0.5, 0.6) is 11.5 Å². The summed E-state index contributed by atoms with van der Waals surface area (Å²) in [5, 5.41) is 1.30. The molecule has 0 bridgehead atoms. The first-order valence-electron chi connectivity index (χ1n) is 6.37. The predicted molar refractivity (Wildman–Crippen MR) is 83.1 cm³/mol. The fourth-order valence-corrected chi connectivity index (χ4v) is 2.51. The number of ether oxygens (including phenoxy) is 2. The van der Waals surface area contributed by atoms with Crippen molar-refractivity contribution in [1.82, 2.24) is 9.97 Å². The van der Waals surface area contributed by atoms with E-state index in [1.165, 1.54) is 0 Å². The second-order valence-corrected chi connectivity index (χ2v) is 4.79. The first-order valence-corrected chi connectivity index (χ1v) is 6.75. The highest BCUT2D eigenvalue weighted by atomic mass is 35.5. The molecular weight excluding hydrogens is 288 g/mol. The van der Waals surface area contributed by atoms with Crippen LogP contribution in [0.2, 0.25) is 5.15 Å². The normalized spacial score (nSPS) is 10.6. The number of halogens is 1. The van der Waals surface area contributed by atoms with Gasteiger partial charge in [0.15, 0.2) is 11.5 Å². The smallest absolute Gasteiger partial charge is 0.170 e. The van der Waals surface area contributed by atoms with Crippen LogP contribution in [0.1, 0.15) is 0 Å². The van der Waals surface area contributed by atoms with Gasteiger partial charge < -0.3 is 9.47 Å². The average molecular weight is 301 g/mol. The Morgan fingerprint density at radius 2 is 1.90 bits per heavy atom. The summed E-state index contributed by atoms with van der Waals surface area (Å²) in [6.07, 6.45) is 1.73. The Morgan fingerprint density at radius 3 is 2.67 bits per heavy atom. The molecule has 0 saturated carbocycles. The van der Waals surface area contributed by atoms with Crippen molar-refractivity contribution >= 4 is 22.5 Å². The Balaban J connectivity index is 2.35. The van der Waals surface area contributed by atoms with E-state index in [4.69, 9.17) is 21.1 Å². The molecule has 0 amide bonds. The highest BCUT2D eigenvalue weighted by molar-refractivity contribution is 6.30. The van der Waals surface area contributed by atoms with Gasteiger partial charge in [0.1, 0.15) is 5.15 Å². The summed E-state index contributed by atoms with van der Waals surface area (Å²) in [5.41, 5.74) is 2.33. The van der Waals surface area contributed by atoms with Crippen LogP contribution < -0.4 is 9.47 Å². The van der Waals surface area contributed by atoms with Gasteiger partial charge in [-0.1, -0.05) is 17.7 Å². The lowest BCUT2D eigenvalue weighted by Crippen LogP contribution is -1.96. The second-order valence-electron chi connectivity index (χ2n) is 4.40. The Hall–Kier alpha value is -2.33. The maximum absolute atomic E-state index is 6.12. The SMILES string of the molecule is COc1cccc(-c2nc(Cl)cc3ncccc23)c1OC. The summed E-state index contributed by atoms with van der Waals surface area (Å²) < 4.78 is 10.8. The van der Waals surface area contributed by atoms with E-state index < -0.39 is 0 Å². The summed E-state index contributed by atoms with van der Waals surface area (Å²) >= 11 is 6.12. The van der Waals surface area contributed by atoms with Crippen molar-refractivity contribution < 1.29 is 9.47 Å². The van der Waals surface area contributed by atoms with Gasteiger partial charge in [0.05, 0.1) is 25.4 Å². The summed E-state index contributed by atoms with van der Waals surface area (Å²) in [5.74, 6) is 1.27. The minimum absolute atomic E-state index is 0.390. The zero-order chi connectivity index (χ0) is 14.8. The number of benzene rings is 1. The molecule has 0 saturated heterocycles. The van der Waals surface area contributed by atoms with Crippen molar-refractivity contribution in [3.8, 4) is 22.8 Å². The zero-order valence-corrected chi connectivity index (χ0v) is 12.4. The molecule has 0 atom stereocenters. The average Bonchev–Trinajstić information content (AvgIpc) is 2.53. The lowest BCUT2D eigenvalue weighted by molar-refractivity contribution is 0.356. The first-order chi connectivity index (χ1) is 10.2. The van der Waals surface area contributed by atoms with Crippen molar-refractivity contribution in [2.45, 2.75) is 0 Å². The molecule has 0 aliphatic heterocycles. The van der Waals surface area contributed by atoms with Gasteiger partial charge >= 0.3 is 0 Å². The number of methoxy groups -OCH3 is 2. The fourth-order valence-electron chi connectivity index (χ4n) is 2.32. The zero-order valence-electron chi connectivity index (χ0n) is 11.6. The third-order valence-corrected chi connectivity index (χ3v) is 3.42. The third kappa shape index (κ3) is 2.38. The van der Waals surface area contributed by atoms with Crippen molar-refractivity contribution in [1.29, 1.82) is 0 Å². The standard InChI is InChI=1S/C16H13ClN2O2/c1-20-13-7-3-5-11(16(13)21-2)15-10-6-4-8-18-12(10)9-14(17)19-15/h3-9H,1-2H3. The molecule has 0 radical (unpaired) electrons. The van der Waals surface area contributed by atoms with Crippen LogP contribution in [0.3, 0.4) is 0 Å². The van der Waals surface area contributed by atoms with Crippen LogP contribution in [0, 0.1) is 0 Å². The van der Waals surface area contributed by atoms with Gasteiger partial charge in [0, 0.05) is 23.2 Å². The highest BCUT2D eigenvalue weighted by Crippen LogP contribution is 2.39. The highest BCUT2D eigenvalue weighted by Gasteiger charge is 2.16. The molecule has 0 aliphatic rings. The molecule has 1 aromatic carbocycles. The van der Waals surface area contributed by atoms with Gasteiger partial charge in [-0.2, -0.15) is 0 Å². The Bertz CT molecular complexity index is 805. The third-order valence-electron chi connectivity index (χ3n) is 3.23. The molecule has 0 unspecified atom stereocenters. The lowest BCUT2D eigenvalue weighted by atomic mass is 10.1. The van der Waals surface area contributed by atoms with Crippen LogP contribution in [-0.4, -0.2) is 24.2 Å². The Morgan fingerprint density at radius 1 is 1.05 bits per heavy atom. The molecule has 21 heavy (non-hydrogen) atoms. The number of aromatic nitrogens is 2. The van der Waals surface area contributed by atoms with Gasteiger partial charge in [0.25, 0.3) is 0 Å². The van der Waals surface area contributed by atoms with E-state index in [2.05, 4.69) is 9.97 Å². The molecule has 106 valence electrons. The van der Waals surface area contributed by atoms with Crippen molar-refractivity contribution in [3.63, 3.8) is 0 Å². The molecule has 4 nitrogen and oxygen atoms in total. The minimum atomic E-state index is 0.390. The number of fused-ring (bicyclic) bond motifs is 1.